The Kier molecular flexibility index (Phi) is 4.52. The maximum absolute atomic E-state index is 11.0. The van der Waals surface area contributed by atoms with Gasteiger partial charge in [0.25, 0.3) is 0 Å². The van der Waals surface area contributed by atoms with Crippen LogP contribution in [0.4, 0.5) is 0 Å². The van der Waals surface area contributed by atoms with Crippen LogP contribution in [-0.4, -0.2) is 12.4 Å². The van der Waals surface area contributed by atoms with Gasteiger partial charge in [0.2, 0.25) is 0 Å². The zero-order valence-corrected chi connectivity index (χ0v) is 11.8. The summed E-state index contributed by atoms with van der Waals surface area (Å²) >= 11 is 12.0. The Morgan fingerprint density at radius 1 is 1.33 bits per heavy atom. The van der Waals surface area contributed by atoms with E-state index in [0.29, 0.717) is 27.3 Å². The van der Waals surface area contributed by atoms with Gasteiger partial charge in [-0.2, -0.15) is 0 Å². The number of ether oxygens (including phenoxy) is 1. The molecule has 98 valence electrons. The van der Waals surface area contributed by atoms with Crippen LogP contribution in [0.1, 0.15) is 43.0 Å². The molecule has 0 radical (unpaired) electrons. The van der Waals surface area contributed by atoms with Gasteiger partial charge in [0, 0.05) is 5.02 Å². The minimum atomic E-state index is 0.145. The first-order valence-electron chi connectivity index (χ1n) is 6.21. The summed E-state index contributed by atoms with van der Waals surface area (Å²) in [5.41, 5.74) is 0.422. The van der Waals surface area contributed by atoms with E-state index in [9.17, 15) is 4.79 Å². The lowest BCUT2D eigenvalue weighted by Crippen LogP contribution is -2.24. The van der Waals surface area contributed by atoms with Gasteiger partial charge in [-0.3, -0.25) is 4.79 Å². The molecule has 1 saturated carbocycles. The van der Waals surface area contributed by atoms with Crippen molar-refractivity contribution in [3.8, 4) is 5.75 Å². The van der Waals surface area contributed by atoms with Gasteiger partial charge in [0.1, 0.15) is 5.75 Å². The molecule has 0 amide bonds. The smallest absolute Gasteiger partial charge is 0.153 e. The first-order valence-corrected chi connectivity index (χ1v) is 6.96. The summed E-state index contributed by atoms with van der Waals surface area (Å²) in [7, 11) is 0. The second kappa shape index (κ2) is 5.94. The molecule has 1 aromatic rings. The minimum Gasteiger partial charge on any atom is -0.488 e. The van der Waals surface area contributed by atoms with Gasteiger partial charge in [0.15, 0.2) is 6.29 Å². The lowest BCUT2D eigenvalue weighted by molar-refractivity contribution is 0.109. The molecule has 0 N–H and O–H groups in total. The number of rotatable bonds is 3. The van der Waals surface area contributed by atoms with Crippen molar-refractivity contribution in [3.63, 3.8) is 0 Å². The second-order valence-electron chi connectivity index (χ2n) is 4.94. The van der Waals surface area contributed by atoms with Crippen LogP contribution in [0.25, 0.3) is 0 Å². The highest BCUT2D eigenvalue weighted by Gasteiger charge is 2.22. The maximum atomic E-state index is 11.0. The minimum absolute atomic E-state index is 0.145. The average Bonchev–Trinajstić information content (AvgIpc) is 2.32. The SMILES string of the molecule is CC1CCCC(Oc2c(Cl)cc(Cl)cc2C=O)C1. The van der Waals surface area contributed by atoms with Crippen molar-refractivity contribution in [2.45, 2.75) is 38.7 Å². The van der Waals surface area contributed by atoms with E-state index >= 15 is 0 Å². The van der Waals surface area contributed by atoms with Crippen LogP contribution in [-0.2, 0) is 0 Å². The fourth-order valence-corrected chi connectivity index (χ4v) is 3.00. The van der Waals surface area contributed by atoms with Crippen LogP contribution in [0.5, 0.6) is 5.75 Å². The summed E-state index contributed by atoms with van der Waals surface area (Å²) in [5.74, 6) is 1.13. The summed E-state index contributed by atoms with van der Waals surface area (Å²) in [6, 6.07) is 3.19. The molecule has 4 heteroatoms. The van der Waals surface area contributed by atoms with E-state index < -0.39 is 0 Å². The van der Waals surface area contributed by atoms with Crippen molar-refractivity contribution >= 4 is 29.5 Å². The van der Waals surface area contributed by atoms with Gasteiger partial charge in [-0.15, -0.1) is 0 Å². The summed E-state index contributed by atoms with van der Waals surface area (Å²) < 4.78 is 5.91. The Labute approximate surface area is 117 Å². The van der Waals surface area contributed by atoms with Crippen LogP contribution in [0, 0.1) is 5.92 Å². The predicted molar refractivity (Wildman–Crippen MR) is 73.9 cm³/mol. The molecule has 0 bridgehead atoms. The molecular weight excluding hydrogens is 271 g/mol. The van der Waals surface area contributed by atoms with Gasteiger partial charge in [-0.1, -0.05) is 36.5 Å². The Morgan fingerprint density at radius 3 is 2.78 bits per heavy atom. The van der Waals surface area contributed by atoms with Crippen LogP contribution in [0.2, 0.25) is 10.0 Å². The molecule has 2 rings (SSSR count). The van der Waals surface area contributed by atoms with Gasteiger partial charge in [0.05, 0.1) is 16.7 Å². The molecule has 1 aliphatic carbocycles. The molecule has 18 heavy (non-hydrogen) atoms. The highest BCUT2D eigenvalue weighted by Crippen LogP contribution is 2.35. The molecule has 0 aliphatic heterocycles. The highest BCUT2D eigenvalue weighted by molar-refractivity contribution is 6.36. The average molecular weight is 287 g/mol. The molecule has 0 spiro atoms. The molecule has 1 fully saturated rings. The number of hydrogen-bond acceptors (Lipinski definition) is 2. The number of carbonyl (C=O) groups is 1. The van der Waals surface area contributed by atoms with Gasteiger partial charge in [-0.25, -0.2) is 0 Å². The molecule has 1 aromatic carbocycles. The number of halogens is 2. The van der Waals surface area contributed by atoms with E-state index in [4.69, 9.17) is 27.9 Å². The predicted octanol–water partition coefficient (Wildman–Crippen LogP) is 4.76. The Morgan fingerprint density at radius 2 is 2.11 bits per heavy atom. The van der Waals surface area contributed by atoms with E-state index in [1.165, 1.54) is 6.42 Å². The number of carbonyl (C=O) groups excluding carboxylic acids is 1. The van der Waals surface area contributed by atoms with E-state index in [1.807, 2.05) is 0 Å². The van der Waals surface area contributed by atoms with E-state index in [-0.39, 0.29) is 6.10 Å². The normalized spacial score (nSPS) is 23.7. The lowest BCUT2D eigenvalue weighted by Gasteiger charge is -2.28. The van der Waals surface area contributed by atoms with Crippen LogP contribution in [0.3, 0.4) is 0 Å². The van der Waals surface area contributed by atoms with E-state index in [0.717, 1.165) is 25.5 Å². The standard InChI is InChI=1S/C14H16Cl2O2/c1-9-3-2-4-12(5-9)18-14-10(8-17)6-11(15)7-13(14)16/h6-9,12H,2-5H2,1H3. The fraction of sp³-hybridized carbons (Fsp3) is 0.500. The van der Waals surface area contributed by atoms with Crippen molar-refractivity contribution in [1.82, 2.24) is 0 Å². The fourth-order valence-electron chi connectivity index (χ4n) is 2.44. The van der Waals surface area contributed by atoms with Crippen molar-refractivity contribution in [1.29, 1.82) is 0 Å². The highest BCUT2D eigenvalue weighted by atomic mass is 35.5. The van der Waals surface area contributed by atoms with Gasteiger partial charge < -0.3 is 4.74 Å². The zero-order chi connectivity index (χ0) is 13.1. The molecule has 2 unspecified atom stereocenters. The van der Waals surface area contributed by atoms with E-state index in [1.54, 1.807) is 12.1 Å². The Bertz CT molecular complexity index is 446. The number of benzene rings is 1. The first-order chi connectivity index (χ1) is 8.60. The Hall–Kier alpha value is -0.730. The largest absolute Gasteiger partial charge is 0.488 e. The first kappa shape index (κ1) is 13.7. The van der Waals surface area contributed by atoms with Crippen molar-refractivity contribution < 1.29 is 9.53 Å². The lowest BCUT2D eigenvalue weighted by atomic mass is 9.88. The summed E-state index contributed by atoms with van der Waals surface area (Å²) in [6.45, 7) is 2.22. The zero-order valence-electron chi connectivity index (χ0n) is 10.3. The summed E-state index contributed by atoms with van der Waals surface area (Å²) in [5, 5.41) is 0.856. The quantitative estimate of drug-likeness (QED) is 0.749. The molecule has 0 aromatic heterocycles. The maximum Gasteiger partial charge on any atom is 0.153 e. The van der Waals surface area contributed by atoms with Crippen molar-refractivity contribution in [2.75, 3.05) is 0 Å². The summed E-state index contributed by atoms with van der Waals surface area (Å²) in [4.78, 5) is 11.0. The topological polar surface area (TPSA) is 26.3 Å². The van der Waals surface area contributed by atoms with Crippen molar-refractivity contribution in [3.05, 3.63) is 27.7 Å². The summed E-state index contributed by atoms with van der Waals surface area (Å²) in [6.07, 6.45) is 5.31. The molecule has 0 heterocycles. The monoisotopic (exact) mass is 286 g/mol. The molecule has 1 aliphatic rings. The Balaban J connectivity index is 2.20. The van der Waals surface area contributed by atoms with Crippen LogP contribution >= 0.6 is 23.2 Å². The second-order valence-corrected chi connectivity index (χ2v) is 5.78. The number of aldehydes is 1. The van der Waals surface area contributed by atoms with Gasteiger partial charge >= 0.3 is 0 Å². The van der Waals surface area contributed by atoms with Gasteiger partial charge in [-0.05, 0) is 37.3 Å². The third-order valence-corrected chi connectivity index (χ3v) is 3.84. The van der Waals surface area contributed by atoms with Crippen molar-refractivity contribution in [2.24, 2.45) is 5.92 Å². The molecule has 2 nitrogen and oxygen atoms in total. The third kappa shape index (κ3) is 3.18. The van der Waals surface area contributed by atoms with Crippen LogP contribution in [0.15, 0.2) is 12.1 Å². The van der Waals surface area contributed by atoms with Crippen LogP contribution < -0.4 is 4.74 Å². The third-order valence-electron chi connectivity index (χ3n) is 3.34. The van der Waals surface area contributed by atoms with E-state index in [2.05, 4.69) is 6.92 Å². The number of hydrogen-bond donors (Lipinski definition) is 0. The molecule has 2 atom stereocenters. The molecule has 0 saturated heterocycles. The molecular formula is C14H16Cl2O2.